The molecule has 1 saturated carbocycles. The van der Waals surface area contributed by atoms with Crippen LogP contribution in [0.5, 0.6) is 11.5 Å². The third kappa shape index (κ3) is 2.47. The Labute approximate surface area is 111 Å². The Hall–Kier alpha value is -2.23. The molecule has 1 aromatic carbocycles. The lowest BCUT2D eigenvalue weighted by Crippen LogP contribution is -2.16. The second kappa shape index (κ2) is 4.46. The smallest absolute Gasteiger partial charge is 0.254 e. The van der Waals surface area contributed by atoms with E-state index in [1.807, 2.05) is 31.3 Å². The number of nitrogens with two attached hydrogens (primary N) is 1. The molecule has 19 heavy (non-hydrogen) atoms. The summed E-state index contributed by atoms with van der Waals surface area (Å²) in [6.07, 6.45) is 4.00. The molecule has 1 fully saturated rings. The fourth-order valence-electron chi connectivity index (χ4n) is 2.10. The number of pyridine rings is 1. The van der Waals surface area contributed by atoms with Crippen molar-refractivity contribution >= 4 is 5.69 Å². The van der Waals surface area contributed by atoms with Crippen LogP contribution in [0.25, 0.3) is 0 Å². The third-order valence-corrected chi connectivity index (χ3v) is 3.29. The van der Waals surface area contributed by atoms with Gasteiger partial charge in [0.05, 0.1) is 0 Å². The lowest BCUT2D eigenvalue weighted by atomic mass is 10.2. The molecule has 2 N–H and O–H groups in total. The highest BCUT2D eigenvalue weighted by molar-refractivity contribution is 5.48. The van der Waals surface area contributed by atoms with Gasteiger partial charge in [-0.05, 0) is 49.6 Å². The van der Waals surface area contributed by atoms with Crippen molar-refractivity contribution < 1.29 is 4.74 Å². The first-order valence-electron chi connectivity index (χ1n) is 6.39. The molecule has 4 nitrogen and oxygen atoms in total. The Balaban J connectivity index is 1.86. The quantitative estimate of drug-likeness (QED) is 0.859. The monoisotopic (exact) mass is 256 g/mol. The first-order chi connectivity index (χ1) is 9.13. The van der Waals surface area contributed by atoms with E-state index >= 15 is 0 Å². The number of ether oxygens (including phenoxy) is 1. The minimum atomic E-state index is -0.00639. The fraction of sp³-hybridized carbons (Fsp3) is 0.267. The van der Waals surface area contributed by atoms with Crippen LogP contribution in [0.2, 0.25) is 0 Å². The van der Waals surface area contributed by atoms with E-state index < -0.39 is 0 Å². The number of rotatable bonds is 3. The second-order valence-corrected chi connectivity index (χ2v) is 4.97. The first kappa shape index (κ1) is 11.8. The molecule has 1 aromatic heterocycles. The molecule has 0 amide bonds. The van der Waals surface area contributed by atoms with Gasteiger partial charge in [-0.25, -0.2) is 0 Å². The predicted molar refractivity (Wildman–Crippen MR) is 74.6 cm³/mol. The van der Waals surface area contributed by atoms with Crippen molar-refractivity contribution in [3.63, 3.8) is 0 Å². The van der Waals surface area contributed by atoms with Gasteiger partial charge in [0.2, 0.25) is 0 Å². The molecule has 0 unspecified atom stereocenters. The lowest BCUT2D eigenvalue weighted by Gasteiger charge is -2.10. The molecule has 0 bridgehead atoms. The van der Waals surface area contributed by atoms with Gasteiger partial charge in [-0.3, -0.25) is 4.79 Å². The topological polar surface area (TPSA) is 57.2 Å². The summed E-state index contributed by atoms with van der Waals surface area (Å²) < 4.78 is 7.50. The Bertz CT molecular complexity index is 672. The largest absolute Gasteiger partial charge is 0.457 e. The number of aromatic nitrogens is 1. The number of aryl methyl sites for hydroxylation is 1. The van der Waals surface area contributed by atoms with Crippen LogP contribution in [0.1, 0.15) is 24.4 Å². The van der Waals surface area contributed by atoms with E-state index in [0.717, 1.165) is 24.2 Å². The second-order valence-electron chi connectivity index (χ2n) is 4.97. The zero-order chi connectivity index (χ0) is 13.4. The molecule has 1 aliphatic carbocycles. The molecular weight excluding hydrogens is 240 g/mol. The van der Waals surface area contributed by atoms with Crippen LogP contribution in [0, 0.1) is 6.92 Å². The minimum Gasteiger partial charge on any atom is -0.457 e. The van der Waals surface area contributed by atoms with Gasteiger partial charge in [0.25, 0.3) is 5.56 Å². The summed E-state index contributed by atoms with van der Waals surface area (Å²) in [4.78, 5) is 11.9. The van der Waals surface area contributed by atoms with Gasteiger partial charge < -0.3 is 15.0 Å². The summed E-state index contributed by atoms with van der Waals surface area (Å²) in [7, 11) is 0. The molecule has 0 atom stereocenters. The number of anilines is 1. The summed E-state index contributed by atoms with van der Waals surface area (Å²) in [5.74, 6) is 1.28. The molecule has 1 heterocycles. The average molecular weight is 256 g/mol. The maximum atomic E-state index is 11.9. The SMILES string of the molecule is Cc1cc(N)ccc1Oc1ccn(C2CC2)c(=O)c1. The third-order valence-electron chi connectivity index (χ3n) is 3.29. The molecule has 0 radical (unpaired) electrons. The van der Waals surface area contributed by atoms with Crippen LogP contribution in [0.4, 0.5) is 5.69 Å². The summed E-state index contributed by atoms with van der Waals surface area (Å²) in [6.45, 7) is 1.93. The van der Waals surface area contributed by atoms with Gasteiger partial charge in [-0.1, -0.05) is 0 Å². The highest BCUT2D eigenvalue weighted by Gasteiger charge is 2.24. The van der Waals surface area contributed by atoms with Crippen molar-refractivity contribution in [1.29, 1.82) is 0 Å². The van der Waals surface area contributed by atoms with E-state index in [1.165, 1.54) is 6.07 Å². The molecule has 4 heteroatoms. The Morgan fingerprint density at radius 1 is 1.26 bits per heavy atom. The molecule has 2 aromatic rings. The standard InChI is InChI=1S/C15H16N2O2/c1-10-8-11(16)2-5-14(10)19-13-6-7-17(12-3-4-12)15(18)9-13/h2,5-9,12H,3-4,16H2,1H3. The van der Waals surface area contributed by atoms with Gasteiger partial charge in [0, 0.05) is 24.0 Å². The van der Waals surface area contributed by atoms with Crippen molar-refractivity contribution in [2.45, 2.75) is 25.8 Å². The zero-order valence-corrected chi connectivity index (χ0v) is 10.8. The first-order valence-corrected chi connectivity index (χ1v) is 6.39. The zero-order valence-electron chi connectivity index (χ0n) is 10.8. The van der Waals surface area contributed by atoms with E-state index in [0.29, 0.717) is 17.5 Å². The van der Waals surface area contributed by atoms with E-state index in [2.05, 4.69) is 0 Å². The fourth-order valence-corrected chi connectivity index (χ4v) is 2.10. The van der Waals surface area contributed by atoms with Crippen LogP contribution >= 0.6 is 0 Å². The van der Waals surface area contributed by atoms with Crippen LogP contribution in [0.15, 0.2) is 41.3 Å². The molecular formula is C15H16N2O2. The summed E-state index contributed by atoms with van der Waals surface area (Å²) in [5, 5.41) is 0. The Kier molecular flexibility index (Phi) is 2.78. The van der Waals surface area contributed by atoms with Crippen LogP contribution in [0.3, 0.4) is 0 Å². The van der Waals surface area contributed by atoms with E-state index in [4.69, 9.17) is 10.5 Å². The van der Waals surface area contributed by atoms with Gasteiger partial charge in [0.1, 0.15) is 11.5 Å². The van der Waals surface area contributed by atoms with Gasteiger partial charge in [0.15, 0.2) is 0 Å². The Morgan fingerprint density at radius 3 is 2.68 bits per heavy atom. The number of benzene rings is 1. The van der Waals surface area contributed by atoms with Crippen molar-refractivity contribution in [3.05, 3.63) is 52.4 Å². The van der Waals surface area contributed by atoms with Crippen molar-refractivity contribution in [2.75, 3.05) is 5.73 Å². The van der Waals surface area contributed by atoms with Crippen LogP contribution in [-0.4, -0.2) is 4.57 Å². The predicted octanol–water partition coefficient (Wildman–Crippen LogP) is 2.87. The Morgan fingerprint density at radius 2 is 2.05 bits per heavy atom. The number of hydrogen-bond acceptors (Lipinski definition) is 3. The summed E-state index contributed by atoms with van der Waals surface area (Å²) >= 11 is 0. The molecule has 98 valence electrons. The normalized spacial score (nSPS) is 14.4. The van der Waals surface area contributed by atoms with E-state index in [-0.39, 0.29) is 5.56 Å². The molecule has 0 aliphatic heterocycles. The molecule has 3 rings (SSSR count). The van der Waals surface area contributed by atoms with Crippen molar-refractivity contribution in [2.24, 2.45) is 0 Å². The molecule has 0 spiro atoms. The summed E-state index contributed by atoms with van der Waals surface area (Å²) in [5.41, 5.74) is 7.34. The molecule has 1 aliphatic rings. The van der Waals surface area contributed by atoms with Gasteiger partial charge >= 0.3 is 0 Å². The number of nitrogen functional groups attached to an aromatic ring is 1. The molecule has 0 saturated heterocycles. The maximum Gasteiger partial charge on any atom is 0.254 e. The highest BCUT2D eigenvalue weighted by Crippen LogP contribution is 2.34. The van der Waals surface area contributed by atoms with Crippen molar-refractivity contribution in [3.8, 4) is 11.5 Å². The lowest BCUT2D eigenvalue weighted by molar-refractivity contribution is 0.475. The maximum absolute atomic E-state index is 11.9. The van der Waals surface area contributed by atoms with Crippen LogP contribution < -0.4 is 16.0 Å². The number of nitrogens with zero attached hydrogens (tertiary/aromatic N) is 1. The van der Waals surface area contributed by atoms with Crippen LogP contribution in [-0.2, 0) is 0 Å². The van der Waals surface area contributed by atoms with Crippen molar-refractivity contribution in [1.82, 2.24) is 4.57 Å². The van der Waals surface area contributed by atoms with E-state index in [9.17, 15) is 4.79 Å². The van der Waals surface area contributed by atoms with E-state index in [1.54, 1.807) is 10.6 Å². The minimum absolute atomic E-state index is 0.00639. The number of hydrogen-bond donors (Lipinski definition) is 1. The average Bonchev–Trinajstić information content (AvgIpc) is 3.17. The van der Waals surface area contributed by atoms with Gasteiger partial charge in [-0.15, -0.1) is 0 Å². The highest BCUT2D eigenvalue weighted by atomic mass is 16.5. The van der Waals surface area contributed by atoms with Gasteiger partial charge in [-0.2, -0.15) is 0 Å². The summed E-state index contributed by atoms with van der Waals surface area (Å²) in [6, 6.07) is 9.20.